The van der Waals surface area contributed by atoms with E-state index in [1.165, 1.54) is 0 Å². The Morgan fingerprint density at radius 3 is 2.47 bits per heavy atom. The van der Waals surface area contributed by atoms with E-state index in [1.54, 1.807) is 39.3 Å². The first kappa shape index (κ1) is 13.8. The molecule has 0 aliphatic rings. The molecule has 0 fully saturated rings. The van der Waals surface area contributed by atoms with Gasteiger partial charge in [-0.25, -0.2) is 0 Å². The zero-order valence-electron chi connectivity index (χ0n) is 10.8. The predicted molar refractivity (Wildman–Crippen MR) is 65.6 cm³/mol. The number of rotatable bonds is 6. The highest BCUT2D eigenvalue weighted by atomic mass is 16.5. The van der Waals surface area contributed by atoms with Crippen molar-refractivity contribution in [1.29, 1.82) is 0 Å². The summed E-state index contributed by atoms with van der Waals surface area (Å²) in [7, 11) is 3.22. The van der Waals surface area contributed by atoms with E-state index in [9.17, 15) is 5.11 Å². The Labute approximate surface area is 102 Å². The molecule has 1 rings (SSSR count). The minimum atomic E-state index is -0.578. The van der Waals surface area contributed by atoms with Gasteiger partial charge >= 0.3 is 0 Å². The third-order valence-corrected chi connectivity index (χ3v) is 2.40. The molecule has 1 unspecified atom stereocenters. The van der Waals surface area contributed by atoms with Gasteiger partial charge in [0.2, 0.25) is 0 Å². The molecule has 0 amide bonds. The number of hydrogen-bond acceptors (Lipinski definition) is 4. The zero-order valence-corrected chi connectivity index (χ0v) is 10.8. The van der Waals surface area contributed by atoms with Crippen LogP contribution >= 0.6 is 0 Å². The molecule has 0 bridgehead atoms. The first-order valence-electron chi connectivity index (χ1n) is 5.60. The lowest BCUT2D eigenvalue weighted by Gasteiger charge is -2.18. The van der Waals surface area contributed by atoms with Crippen LogP contribution in [0.3, 0.4) is 0 Å². The molecule has 96 valence electrons. The molecule has 17 heavy (non-hydrogen) atoms. The van der Waals surface area contributed by atoms with Crippen molar-refractivity contribution in [2.24, 2.45) is 0 Å². The van der Waals surface area contributed by atoms with Crippen LogP contribution in [0.1, 0.15) is 25.5 Å². The second-order valence-corrected chi connectivity index (χ2v) is 3.96. The molecule has 1 aromatic carbocycles. The fraction of sp³-hybridized carbons (Fsp3) is 0.538. The van der Waals surface area contributed by atoms with E-state index in [2.05, 4.69) is 0 Å². The average Bonchev–Trinajstić information content (AvgIpc) is 2.28. The van der Waals surface area contributed by atoms with Crippen LogP contribution in [0.15, 0.2) is 18.2 Å². The zero-order chi connectivity index (χ0) is 12.8. The molecule has 0 saturated heterocycles. The van der Waals surface area contributed by atoms with Crippen molar-refractivity contribution in [3.63, 3.8) is 0 Å². The van der Waals surface area contributed by atoms with Crippen molar-refractivity contribution in [3.05, 3.63) is 23.8 Å². The van der Waals surface area contributed by atoms with Crippen LogP contribution in [0.5, 0.6) is 11.5 Å². The SMILES string of the molecule is COCC(C)Oc1cc(OC)ccc1[C@H](C)O. The Hall–Kier alpha value is -1.26. The molecule has 4 nitrogen and oxygen atoms in total. The minimum absolute atomic E-state index is 0.0791. The van der Waals surface area contributed by atoms with Crippen molar-refractivity contribution < 1.29 is 19.3 Å². The van der Waals surface area contributed by atoms with E-state index >= 15 is 0 Å². The van der Waals surface area contributed by atoms with Crippen molar-refractivity contribution in [2.45, 2.75) is 26.1 Å². The van der Waals surface area contributed by atoms with Gasteiger partial charge < -0.3 is 19.3 Å². The van der Waals surface area contributed by atoms with Gasteiger partial charge in [-0.1, -0.05) is 0 Å². The monoisotopic (exact) mass is 240 g/mol. The largest absolute Gasteiger partial charge is 0.497 e. The lowest BCUT2D eigenvalue weighted by Crippen LogP contribution is -2.19. The van der Waals surface area contributed by atoms with Gasteiger partial charge in [0.15, 0.2) is 0 Å². The van der Waals surface area contributed by atoms with Crippen LogP contribution in [-0.4, -0.2) is 32.0 Å². The van der Waals surface area contributed by atoms with E-state index in [-0.39, 0.29) is 6.10 Å². The summed E-state index contributed by atoms with van der Waals surface area (Å²) in [5, 5.41) is 9.66. The van der Waals surface area contributed by atoms with Gasteiger partial charge in [-0.05, 0) is 26.0 Å². The van der Waals surface area contributed by atoms with Crippen LogP contribution in [0.2, 0.25) is 0 Å². The Morgan fingerprint density at radius 2 is 1.94 bits per heavy atom. The summed E-state index contributed by atoms with van der Waals surface area (Å²) in [6.07, 6.45) is -0.657. The van der Waals surface area contributed by atoms with Gasteiger partial charge in [-0.15, -0.1) is 0 Å². The number of ether oxygens (including phenoxy) is 3. The third kappa shape index (κ3) is 3.91. The highest BCUT2D eigenvalue weighted by Gasteiger charge is 2.13. The summed E-state index contributed by atoms with van der Waals surface area (Å²) < 4.78 is 15.9. The van der Waals surface area contributed by atoms with E-state index in [1.807, 2.05) is 6.92 Å². The number of aliphatic hydroxyl groups is 1. The van der Waals surface area contributed by atoms with E-state index in [0.717, 1.165) is 5.56 Å². The normalized spacial score (nSPS) is 14.2. The Bertz CT molecular complexity index is 349. The van der Waals surface area contributed by atoms with Crippen molar-refractivity contribution >= 4 is 0 Å². The second kappa shape index (κ2) is 6.47. The van der Waals surface area contributed by atoms with Crippen LogP contribution in [-0.2, 0) is 4.74 Å². The minimum Gasteiger partial charge on any atom is -0.497 e. The molecule has 0 aliphatic heterocycles. The highest BCUT2D eigenvalue weighted by molar-refractivity contribution is 5.41. The smallest absolute Gasteiger partial charge is 0.129 e. The molecular weight excluding hydrogens is 220 g/mol. The standard InChI is InChI=1S/C13H20O4/c1-9(8-15-3)17-13-7-11(16-4)5-6-12(13)10(2)14/h5-7,9-10,14H,8H2,1-4H3/t9?,10-/m0/s1. The summed E-state index contributed by atoms with van der Waals surface area (Å²) in [5.74, 6) is 1.33. The molecule has 0 saturated carbocycles. The first-order chi connectivity index (χ1) is 8.08. The highest BCUT2D eigenvalue weighted by Crippen LogP contribution is 2.30. The van der Waals surface area contributed by atoms with Gasteiger partial charge in [0.05, 0.1) is 19.8 Å². The molecule has 0 aliphatic carbocycles. The number of benzene rings is 1. The van der Waals surface area contributed by atoms with Crippen LogP contribution in [0, 0.1) is 0 Å². The van der Waals surface area contributed by atoms with E-state index in [4.69, 9.17) is 14.2 Å². The van der Waals surface area contributed by atoms with Gasteiger partial charge in [0, 0.05) is 18.7 Å². The lowest BCUT2D eigenvalue weighted by molar-refractivity contribution is 0.0884. The summed E-state index contributed by atoms with van der Waals surface area (Å²) in [5.41, 5.74) is 0.744. The summed E-state index contributed by atoms with van der Waals surface area (Å²) in [4.78, 5) is 0. The van der Waals surface area contributed by atoms with Gasteiger partial charge in [-0.3, -0.25) is 0 Å². The van der Waals surface area contributed by atoms with Crippen molar-refractivity contribution in [3.8, 4) is 11.5 Å². The van der Waals surface area contributed by atoms with Crippen molar-refractivity contribution in [2.75, 3.05) is 20.8 Å². The van der Waals surface area contributed by atoms with E-state index in [0.29, 0.717) is 18.1 Å². The molecule has 0 heterocycles. The third-order valence-electron chi connectivity index (χ3n) is 2.40. The molecule has 1 N–H and O–H groups in total. The van der Waals surface area contributed by atoms with Crippen LogP contribution in [0.4, 0.5) is 0 Å². The van der Waals surface area contributed by atoms with E-state index < -0.39 is 6.10 Å². The summed E-state index contributed by atoms with van der Waals surface area (Å²) in [6.45, 7) is 4.11. The molecule has 0 spiro atoms. The topological polar surface area (TPSA) is 47.9 Å². The molecule has 1 aromatic rings. The van der Waals surface area contributed by atoms with Gasteiger partial charge in [0.25, 0.3) is 0 Å². The number of methoxy groups -OCH3 is 2. The Balaban J connectivity index is 2.92. The maximum atomic E-state index is 9.66. The number of aliphatic hydroxyl groups excluding tert-OH is 1. The number of hydrogen-bond donors (Lipinski definition) is 1. The maximum Gasteiger partial charge on any atom is 0.129 e. The fourth-order valence-electron chi connectivity index (χ4n) is 1.57. The molecular formula is C13H20O4. The predicted octanol–water partition coefficient (Wildman–Crippen LogP) is 2.16. The lowest BCUT2D eigenvalue weighted by atomic mass is 10.1. The van der Waals surface area contributed by atoms with Crippen LogP contribution < -0.4 is 9.47 Å². The maximum absolute atomic E-state index is 9.66. The molecule has 4 heteroatoms. The Morgan fingerprint density at radius 1 is 1.24 bits per heavy atom. The molecule has 0 aromatic heterocycles. The van der Waals surface area contributed by atoms with Gasteiger partial charge in [0.1, 0.15) is 17.6 Å². The quantitative estimate of drug-likeness (QED) is 0.827. The van der Waals surface area contributed by atoms with Crippen LogP contribution in [0.25, 0.3) is 0 Å². The average molecular weight is 240 g/mol. The summed E-state index contributed by atoms with van der Waals surface area (Å²) in [6, 6.07) is 5.38. The fourth-order valence-corrected chi connectivity index (χ4v) is 1.57. The molecule has 0 radical (unpaired) electrons. The Kier molecular flexibility index (Phi) is 5.25. The molecule has 2 atom stereocenters. The first-order valence-corrected chi connectivity index (χ1v) is 5.60. The summed E-state index contributed by atoms with van der Waals surface area (Å²) >= 11 is 0. The second-order valence-electron chi connectivity index (χ2n) is 3.96. The van der Waals surface area contributed by atoms with Crippen molar-refractivity contribution in [1.82, 2.24) is 0 Å². The van der Waals surface area contributed by atoms with Gasteiger partial charge in [-0.2, -0.15) is 0 Å².